The topological polar surface area (TPSA) is 93.9 Å². The predicted octanol–water partition coefficient (Wildman–Crippen LogP) is 1.97. The molecule has 2 aromatic rings. The molecule has 0 radical (unpaired) electrons. The molecule has 0 saturated carbocycles. The average molecular weight is 363 g/mol. The fourth-order valence-corrected chi connectivity index (χ4v) is 3.61. The van der Waals surface area contributed by atoms with Gasteiger partial charge in [0.25, 0.3) is 11.8 Å². The standard InChI is InChI=1S/C16H17N3O5S/c20-13(12-2-1-9-25-12)18-15-17-11(10-22-15)14(21)19-5-3-16(4-6-19)23-7-8-24-16/h1-2,9-10H,3-8H2,(H,17,18,20). The number of piperidine rings is 1. The maximum Gasteiger partial charge on any atom is 0.302 e. The molecule has 0 unspecified atom stereocenters. The number of thiophene rings is 1. The molecule has 0 atom stereocenters. The van der Waals surface area contributed by atoms with Crippen LogP contribution in [0.2, 0.25) is 0 Å². The first kappa shape index (κ1) is 16.2. The van der Waals surface area contributed by atoms with E-state index in [2.05, 4.69) is 10.3 Å². The number of likely N-dealkylation sites (tertiary alicyclic amines) is 1. The van der Waals surface area contributed by atoms with Crippen LogP contribution in [-0.2, 0) is 9.47 Å². The van der Waals surface area contributed by atoms with Gasteiger partial charge in [0, 0.05) is 25.9 Å². The van der Waals surface area contributed by atoms with Crippen LogP contribution in [0.1, 0.15) is 33.0 Å². The second-order valence-electron chi connectivity index (χ2n) is 5.87. The summed E-state index contributed by atoms with van der Waals surface area (Å²) < 4.78 is 16.5. The van der Waals surface area contributed by atoms with E-state index in [1.54, 1.807) is 22.4 Å². The first-order valence-electron chi connectivity index (χ1n) is 8.03. The van der Waals surface area contributed by atoms with Crippen molar-refractivity contribution in [3.8, 4) is 0 Å². The maximum atomic E-state index is 12.5. The zero-order valence-corrected chi connectivity index (χ0v) is 14.2. The van der Waals surface area contributed by atoms with Gasteiger partial charge in [0.05, 0.1) is 18.1 Å². The average Bonchev–Trinajstić information content (AvgIpc) is 3.37. The lowest BCUT2D eigenvalue weighted by atomic mass is 10.0. The van der Waals surface area contributed by atoms with E-state index >= 15 is 0 Å². The normalized spacial score (nSPS) is 19.3. The molecule has 1 N–H and O–H groups in total. The molecule has 0 bridgehead atoms. The number of aromatic nitrogens is 1. The molecule has 132 valence electrons. The van der Waals surface area contributed by atoms with Gasteiger partial charge in [-0.1, -0.05) is 6.07 Å². The highest BCUT2D eigenvalue weighted by Gasteiger charge is 2.41. The zero-order valence-electron chi connectivity index (χ0n) is 13.4. The second kappa shape index (κ2) is 6.58. The van der Waals surface area contributed by atoms with Crippen molar-refractivity contribution in [3.05, 3.63) is 34.3 Å². The summed E-state index contributed by atoms with van der Waals surface area (Å²) in [5.41, 5.74) is 0.172. The Hall–Kier alpha value is -2.23. The van der Waals surface area contributed by atoms with Crippen LogP contribution in [0.15, 0.2) is 28.2 Å². The van der Waals surface area contributed by atoms with Gasteiger partial charge in [0.2, 0.25) is 0 Å². The molecule has 2 aliphatic rings. The first-order valence-corrected chi connectivity index (χ1v) is 8.91. The van der Waals surface area contributed by atoms with Gasteiger partial charge >= 0.3 is 6.01 Å². The molecular weight excluding hydrogens is 346 g/mol. The molecule has 2 aliphatic heterocycles. The minimum atomic E-state index is -0.527. The van der Waals surface area contributed by atoms with Crippen LogP contribution in [0.3, 0.4) is 0 Å². The molecule has 2 saturated heterocycles. The van der Waals surface area contributed by atoms with E-state index in [4.69, 9.17) is 13.9 Å². The summed E-state index contributed by atoms with van der Waals surface area (Å²) in [7, 11) is 0. The van der Waals surface area contributed by atoms with Crippen LogP contribution >= 0.6 is 11.3 Å². The van der Waals surface area contributed by atoms with Crippen molar-refractivity contribution in [2.45, 2.75) is 18.6 Å². The summed E-state index contributed by atoms with van der Waals surface area (Å²) in [5, 5.41) is 4.35. The van der Waals surface area contributed by atoms with Crippen LogP contribution in [0.5, 0.6) is 0 Å². The van der Waals surface area contributed by atoms with E-state index in [-0.39, 0.29) is 23.5 Å². The largest absolute Gasteiger partial charge is 0.431 e. The third kappa shape index (κ3) is 3.30. The number of hydrogen-bond acceptors (Lipinski definition) is 7. The number of amides is 2. The predicted molar refractivity (Wildman–Crippen MR) is 88.5 cm³/mol. The Labute approximate surface area is 147 Å². The van der Waals surface area contributed by atoms with E-state index in [0.717, 1.165) is 0 Å². The molecule has 9 heteroatoms. The van der Waals surface area contributed by atoms with E-state index in [1.807, 2.05) is 0 Å². The molecule has 2 amide bonds. The molecule has 4 heterocycles. The monoisotopic (exact) mass is 363 g/mol. The molecular formula is C16H17N3O5S. The highest BCUT2D eigenvalue weighted by molar-refractivity contribution is 7.12. The van der Waals surface area contributed by atoms with Crippen molar-refractivity contribution in [1.82, 2.24) is 9.88 Å². The Morgan fingerprint density at radius 2 is 2.00 bits per heavy atom. The number of carbonyl (C=O) groups excluding carboxylic acids is 2. The van der Waals surface area contributed by atoms with E-state index in [0.29, 0.717) is 44.0 Å². The van der Waals surface area contributed by atoms with Crippen molar-refractivity contribution >= 4 is 29.2 Å². The molecule has 25 heavy (non-hydrogen) atoms. The molecule has 4 rings (SSSR count). The van der Waals surface area contributed by atoms with Gasteiger partial charge in [-0.05, 0) is 11.4 Å². The quantitative estimate of drug-likeness (QED) is 0.896. The Balaban J connectivity index is 1.37. The van der Waals surface area contributed by atoms with Gasteiger partial charge in [0.1, 0.15) is 6.26 Å². The minimum Gasteiger partial charge on any atom is -0.431 e. The van der Waals surface area contributed by atoms with Crippen LogP contribution < -0.4 is 5.32 Å². The summed E-state index contributed by atoms with van der Waals surface area (Å²) in [6.07, 6.45) is 2.54. The lowest BCUT2D eigenvalue weighted by Crippen LogP contribution is -2.47. The SMILES string of the molecule is O=C(Nc1nc(C(=O)N2CCC3(CC2)OCCO3)co1)c1cccs1. The minimum absolute atomic E-state index is 0.0117. The fraction of sp³-hybridized carbons (Fsp3) is 0.438. The summed E-state index contributed by atoms with van der Waals surface area (Å²) >= 11 is 1.31. The fourth-order valence-electron chi connectivity index (χ4n) is 2.99. The zero-order chi connectivity index (χ0) is 17.3. The summed E-state index contributed by atoms with van der Waals surface area (Å²) in [4.78, 5) is 30.8. The Kier molecular flexibility index (Phi) is 4.28. The number of rotatable bonds is 3. The number of oxazole rings is 1. The van der Waals surface area contributed by atoms with Crippen molar-refractivity contribution in [1.29, 1.82) is 0 Å². The Morgan fingerprint density at radius 1 is 1.24 bits per heavy atom. The highest BCUT2D eigenvalue weighted by atomic mass is 32.1. The number of anilines is 1. The van der Waals surface area contributed by atoms with Gasteiger partial charge < -0.3 is 18.8 Å². The summed E-state index contributed by atoms with van der Waals surface area (Å²) in [5.74, 6) is -1.07. The van der Waals surface area contributed by atoms with Crippen molar-refractivity contribution in [2.24, 2.45) is 0 Å². The number of hydrogen-bond donors (Lipinski definition) is 1. The van der Waals surface area contributed by atoms with E-state index < -0.39 is 5.79 Å². The summed E-state index contributed by atoms with van der Waals surface area (Å²) in [6.45, 7) is 2.26. The molecule has 2 aromatic heterocycles. The number of nitrogens with zero attached hydrogens (tertiary/aromatic N) is 2. The van der Waals surface area contributed by atoms with Gasteiger partial charge in [-0.3, -0.25) is 14.9 Å². The van der Waals surface area contributed by atoms with Gasteiger partial charge in [0.15, 0.2) is 11.5 Å². The second-order valence-corrected chi connectivity index (χ2v) is 6.82. The van der Waals surface area contributed by atoms with Crippen molar-refractivity contribution < 1.29 is 23.5 Å². The van der Waals surface area contributed by atoms with Crippen LogP contribution in [-0.4, -0.2) is 53.8 Å². The van der Waals surface area contributed by atoms with Crippen LogP contribution in [0, 0.1) is 0 Å². The molecule has 0 aromatic carbocycles. The van der Waals surface area contributed by atoms with Crippen LogP contribution in [0.25, 0.3) is 0 Å². The van der Waals surface area contributed by atoms with E-state index in [1.165, 1.54) is 17.6 Å². The van der Waals surface area contributed by atoms with Gasteiger partial charge in [-0.25, -0.2) is 0 Å². The molecule has 2 fully saturated rings. The molecule has 1 spiro atoms. The van der Waals surface area contributed by atoms with Crippen molar-refractivity contribution in [3.63, 3.8) is 0 Å². The third-order valence-corrected chi connectivity index (χ3v) is 5.18. The first-order chi connectivity index (χ1) is 12.2. The van der Waals surface area contributed by atoms with Crippen LogP contribution in [0.4, 0.5) is 6.01 Å². The number of nitrogens with one attached hydrogen (secondary N) is 1. The number of ether oxygens (including phenoxy) is 2. The van der Waals surface area contributed by atoms with Gasteiger partial charge in [-0.2, -0.15) is 4.98 Å². The van der Waals surface area contributed by atoms with E-state index in [9.17, 15) is 9.59 Å². The van der Waals surface area contributed by atoms with Gasteiger partial charge in [-0.15, -0.1) is 11.3 Å². The third-order valence-electron chi connectivity index (χ3n) is 4.31. The number of carbonyl (C=O) groups is 2. The Morgan fingerprint density at radius 3 is 2.68 bits per heavy atom. The lowest BCUT2D eigenvalue weighted by Gasteiger charge is -2.37. The molecule has 0 aliphatic carbocycles. The van der Waals surface area contributed by atoms with Crippen molar-refractivity contribution in [2.75, 3.05) is 31.6 Å². The maximum absolute atomic E-state index is 12.5. The smallest absolute Gasteiger partial charge is 0.302 e. The Bertz CT molecular complexity index is 757. The highest BCUT2D eigenvalue weighted by Crippen LogP contribution is 2.31. The lowest BCUT2D eigenvalue weighted by molar-refractivity contribution is -0.181. The summed E-state index contributed by atoms with van der Waals surface area (Å²) in [6, 6.07) is 3.49. The molecule has 8 nitrogen and oxygen atoms in total.